The number of hydrogen-bond donors (Lipinski definition) is 0. The number of rotatable bonds is 2. The van der Waals surface area contributed by atoms with Crippen molar-refractivity contribution in [1.82, 2.24) is 0 Å². The fourth-order valence-electron chi connectivity index (χ4n) is 2.41. The van der Waals surface area contributed by atoms with Crippen molar-refractivity contribution in [2.45, 2.75) is 25.4 Å². The molecule has 0 N–H and O–H groups in total. The first kappa shape index (κ1) is 11.8. The van der Waals surface area contributed by atoms with E-state index in [1.54, 1.807) is 18.2 Å². The van der Waals surface area contributed by atoms with Crippen molar-refractivity contribution < 1.29 is 19.0 Å². The summed E-state index contributed by atoms with van der Waals surface area (Å²) in [5.74, 6) is 0.842. The van der Waals surface area contributed by atoms with E-state index in [1.165, 1.54) is 0 Å². The molecule has 0 unspecified atom stereocenters. The van der Waals surface area contributed by atoms with E-state index in [1.807, 2.05) is 0 Å². The molecule has 0 aromatic heterocycles. The molecule has 1 aliphatic carbocycles. The number of fused-ring (bicyclic) bond motifs is 1. The Morgan fingerprint density at radius 2 is 2.16 bits per heavy atom. The smallest absolute Gasteiger partial charge is 0.338 e. The topological polar surface area (TPSA) is 68.5 Å². The van der Waals surface area contributed by atoms with Gasteiger partial charge in [0, 0.05) is 12.3 Å². The lowest BCUT2D eigenvalue weighted by Gasteiger charge is -2.11. The molecule has 5 heteroatoms. The molecule has 3 rings (SSSR count). The van der Waals surface area contributed by atoms with E-state index in [4.69, 9.17) is 19.5 Å². The predicted octanol–water partition coefficient (Wildman–Crippen LogP) is 2.26. The van der Waals surface area contributed by atoms with E-state index in [2.05, 4.69) is 6.07 Å². The minimum atomic E-state index is -0.373. The van der Waals surface area contributed by atoms with Gasteiger partial charge in [0.1, 0.15) is 6.10 Å². The van der Waals surface area contributed by atoms with Crippen LogP contribution in [0.5, 0.6) is 11.5 Å². The highest BCUT2D eigenvalue weighted by Crippen LogP contribution is 2.33. The SMILES string of the molecule is N#C[C@@H]1CC[C@H](OC(=O)c2ccc3c(c2)OCO3)C1. The number of esters is 1. The Balaban J connectivity index is 1.66. The van der Waals surface area contributed by atoms with E-state index < -0.39 is 0 Å². The van der Waals surface area contributed by atoms with Gasteiger partial charge in [0.2, 0.25) is 6.79 Å². The van der Waals surface area contributed by atoms with Crippen LogP contribution >= 0.6 is 0 Å². The Morgan fingerprint density at radius 3 is 2.95 bits per heavy atom. The summed E-state index contributed by atoms with van der Waals surface area (Å²) in [5, 5.41) is 8.82. The number of ether oxygens (including phenoxy) is 3. The summed E-state index contributed by atoms with van der Waals surface area (Å²) in [4.78, 5) is 12.0. The molecule has 19 heavy (non-hydrogen) atoms. The van der Waals surface area contributed by atoms with Crippen molar-refractivity contribution in [2.24, 2.45) is 5.92 Å². The summed E-state index contributed by atoms with van der Waals surface area (Å²) in [7, 11) is 0. The minimum absolute atomic E-state index is 0.00885. The average Bonchev–Trinajstić information content (AvgIpc) is 3.05. The number of hydrogen-bond acceptors (Lipinski definition) is 5. The highest BCUT2D eigenvalue weighted by molar-refractivity contribution is 5.90. The molecular formula is C14H13NO4. The van der Waals surface area contributed by atoms with Crippen LogP contribution in [0.3, 0.4) is 0 Å². The standard InChI is InChI=1S/C14H13NO4/c15-7-9-1-3-11(5-9)19-14(16)10-2-4-12-13(6-10)18-8-17-12/h2,4,6,9,11H,1,3,5,8H2/t9-,11+/m1/s1. The van der Waals surface area contributed by atoms with Crippen LogP contribution in [0.2, 0.25) is 0 Å². The quantitative estimate of drug-likeness (QED) is 0.762. The third-order valence-corrected chi connectivity index (χ3v) is 3.45. The second-order valence-corrected chi connectivity index (χ2v) is 4.73. The van der Waals surface area contributed by atoms with Crippen LogP contribution in [-0.4, -0.2) is 18.9 Å². The van der Waals surface area contributed by atoms with E-state index in [-0.39, 0.29) is 24.8 Å². The lowest BCUT2D eigenvalue weighted by atomic mass is 10.1. The van der Waals surface area contributed by atoms with Crippen LogP contribution in [0, 0.1) is 17.2 Å². The summed E-state index contributed by atoms with van der Waals surface area (Å²) in [6, 6.07) is 7.20. The van der Waals surface area contributed by atoms with Crippen LogP contribution in [0.1, 0.15) is 29.6 Å². The zero-order chi connectivity index (χ0) is 13.2. The van der Waals surface area contributed by atoms with Crippen molar-refractivity contribution >= 4 is 5.97 Å². The third-order valence-electron chi connectivity index (χ3n) is 3.45. The van der Waals surface area contributed by atoms with Gasteiger partial charge in [-0.1, -0.05) is 0 Å². The van der Waals surface area contributed by atoms with Gasteiger partial charge in [0.05, 0.1) is 11.6 Å². The van der Waals surface area contributed by atoms with Gasteiger partial charge in [0.15, 0.2) is 11.5 Å². The lowest BCUT2D eigenvalue weighted by Crippen LogP contribution is -2.15. The highest BCUT2D eigenvalue weighted by Gasteiger charge is 2.28. The van der Waals surface area contributed by atoms with E-state index in [9.17, 15) is 4.79 Å². The predicted molar refractivity (Wildman–Crippen MR) is 64.7 cm³/mol. The van der Waals surface area contributed by atoms with Crippen LogP contribution in [0.25, 0.3) is 0 Å². The van der Waals surface area contributed by atoms with E-state index >= 15 is 0 Å². The van der Waals surface area contributed by atoms with E-state index in [0.29, 0.717) is 23.5 Å². The van der Waals surface area contributed by atoms with Gasteiger partial charge < -0.3 is 14.2 Å². The molecule has 1 fully saturated rings. The second-order valence-electron chi connectivity index (χ2n) is 4.73. The first-order chi connectivity index (χ1) is 9.26. The fourth-order valence-corrected chi connectivity index (χ4v) is 2.41. The summed E-state index contributed by atoms with van der Waals surface area (Å²) in [6.45, 7) is 0.181. The maximum atomic E-state index is 12.0. The molecular weight excluding hydrogens is 246 g/mol. The van der Waals surface area contributed by atoms with Crippen molar-refractivity contribution in [3.8, 4) is 17.6 Å². The van der Waals surface area contributed by atoms with Crippen molar-refractivity contribution in [3.05, 3.63) is 23.8 Å². The number of nitriles is 1. The van der Waals surface area contributed by atoms with Gasteiger partial charge in [-0.05, 0) is 31.0 Å². The van der Waals surface area contributed by atoms with E-state index in [0.717, 1.165) is 12.8 Å². The number of nitrogens with zero attached hydrogens (tertiary/aromatic N) is 1. The lowest BCUT2D eigenvalue weighted by molar-refractivity contribution is 0.0313. The summed E-state index contributed by atoms with van der Waals surface area (Å²) in [6.07, 6.45) is 2.04. The van der Waals surface area contributed by atoms with Gasteiger partial charge in [-0.2, -0.15) is 5.26 Å². The zero-order valence-electron chi connectivity index (χ0n) is 10.3. The Labute approximate surface area is 110 Å². The summed E-state index contributed by atoms with van der Waals surface area (Å²) < 4.78 is 15.8. The molecule has 5 nitrogen and oxygen atoms in total. The Kier molecular flexibility index (Phi) is 3.00. The molecule has 1 saturated carbocycles. The number of carbonyl (C=O) groups excluding carboxylic acids is 1. The van der Waals surface area contributed by atoms with Crippen LogP contribution in [-0.2, 0) is 4.74 Å². The van der Waals surface area contributed by atoms with Gasteiger partial charge in [0.25, 0.3) is 0 Å². The maximum Gasteiger partial charge on any atom is 0.338 e. The highest BCUT2D eigenvalue weighted by atomic mass is 16.7. The number of benzene rings is 1. The van der Waals surface area contributed by atoms with Crippen LogP contribution in [0.4, 0.5) is 0 Å². The van der Waals surface area contributed by atoms with Crippen molar-refractivity contribution in [2.75, 3.05) is 6.79 Å². The first-order valence-corrected chi connectivity index (χ1v) is 6.26. The third kappa shape index (κ3) is 2.34. The monoisotopic (exact) mass is 259 g/mol. The molecule has 1 aromatic rings. The maximum absolute atomic E-state index is 12.0. The largest absolute Gasteiger partial charge is 0.459 e. The van der Waals surface area contributed by atoms with Gasteiger partial charge in [-0.15, -0.1) is 0 Å². The van der Waals surface area contributed by atoms with Gasteiger partial charge in [-0.25, -0.2) is 4.79 Å². The van der Waals surface area contributed by atoms with Gasteiger partial charge in [-0.3, -0.25) is 0 Å². The fraction of sp³-hybridized carbons (Fsp3) is 0.429. The second kappa shape index (κ2) is 4.81. The number of carbonyl (C=O) groups is 1. The zero-order valence-corrected chi connectivity index (χ0v) is 10.3. The molecule has 2 aliphatic rings. The molecule has 2 atom stereocenters. The van der Waals surface area contributed by atoms with Gasteiger partial charge >= 0.3 is 5.97 Å². The average molecular weight is 259 g/mol. The van der Waals surface area contributed by atoms with Crippen molar-refractivity contribution in [1.29, 1.82) is 5.26 Å². The first-order valence-electron chi connectivity index (χ1n) is 6.26. The molecule has 0 amide bonds. The van der Waals surface area contributed by atoms with Crippen LogP contribution < -0.4 is 9.47 Å². The summed E-state index contributed by atoms with van der Waals surface area (Å²) >= 11 is 0. The Bertz CT molecular complexity index is 549. The molecule has 0 radical (unpaired) electrons. The van der Waals surface area contributed by atoms with Crippen molar-refractivity contribution in [3.63, 3.8) is 0 Å². The normalized spacial score (nSPS) is 23.9. The summed E-state index contributed by atoms with van der Waals surface area (Å²) in [5.41, 5.74) is 0.449. The Hall–Kier alpha value is -2.22. The van der Waals surface area contributed by atoms with Crippen LogP contribution in [0.15, 0.2) is 18.2 Å². The minimum Gasteiger partial charge on any atom is -0.459 e. The molecule has 0 bridgehead atoms. The molecule has 0 spiro atoms. The molecule has 1 heterocycles. The molecule has 1 aromatic carbocycles. The molecule has 1 aliphatic heterocycles. The Morgan fingerprint density at radius 1 is 1.32 bits per heavy atom. The molecule has 0 saturated heterocycles. The molecule has 98 valence electrons.